The Hall–Kier alpha value is 1.44. The van der Waals surface area contributed by atoms with E-state index < -0.39 is 0 Å². The summed E-state index contributed by atoms with van der Waals surface area (Å²) in [4.78, 5) is 0. The minimum absolute atomic E-state index is 0.367. The van der Waals surface area contributed by atoms with Crippen LogP contribution in [0.1, 0.15) is 45.4 Å². The zero-order valence-electron chi connectivity index (χ0n) is 7.45. The van der Waals surface area contributed by atoms with Gasteiger partial charge in [-0.2, -0.15) is 0 Å². The van der Waals surface area contributed by atoms with Gasteiger partial charge >= 0.3 is 39.6 Å². The Kier molecular flexibility index (Phi) is 24.2. The standard InChI is InChI=1S/C8H18O.2BrH.Cu/c1-2-3-4-5-6-7-8-9;;;/h9H,2-8H2,1H3;2*1H;/q;;;+2/p-2. The number of aliphatic hydroxyl groups excluding tert-OH is 1. The molecule has 1 nitrogen and oxygen atoms in total. The number of rotatable bonds is 6. The Balaban J connectivity index is 0. The van der Waals surface area contributed by atoms with E-state index in [0.29, 0.717) is 6.61 Å². The molecule has 0 aliphatic carbocycles. The van der Waals surface area contributed by atoms with Gasteiger partial charge in [0, 0.05) is 6.61 Å². The number of hydrogen-bond donors (Lipinski definition) is 1. The van der Waals surface area contributed by atoms with E-state index in [1.807, 2.05) is 0 Å². The van der Waals surface area contributed by atoms with Crippen LogP contribution in [0.3, 0.4) is 0 Å². The maximum absolute atomic E-state index is 8.42. The van der Waals surface area contributed by atoms with Crippen LogP contribution in [0.2, 0.25) is 0 Å². The van der Waals surface area contributed by atoms with Crippen molar-refractivity contribution in [3.05, 3.63) is 0 Å². The number of unbranched alkanes of at least 4 members (excludes halogenated alkanes) is 5. The molecular formula is C8H18Br2CuO. The van der Waals surface area contributed by atoms with Crippen molar-refractivity contribution in [2.75, 3.05) is 6.61 Å². The zero-order valence-corrected chi connectivity index (χ0v) is 11.6. The van der Waals surface area contributed by atoms with E-state index in [1.165, 1.54) is 43.4 Å². The van der Waals surface area contributed by atoms with E-state index in [2.05, 4.69) is 35.1 Å². The molecule has 0 aliphatic heterocycles. The van der Waals surface area contributed by atoms with Gasteiger partial charge in [-0.3, -0.25) is 0 Å². The average Bonchev–Trinajstić information content (AvgIpc) is 2.06. The Morgan fingerprint density at radius 2 is 1.42 bits per heavy atom. The fourth-order valence-electron chi connectivity index (χ4n) is 0.892. The Morgan fingerprint density at radius 3 is 1.83 bits per heavy atom. The van der Waals surface area contributed by atoms with Crippen LogP contribution in [-0.4, -0.2) is 11.7 Å². The molecule has 4 heteroatoms. The molecule has 0 aliphatic rings. The first-order valence-corrected chi connectivity index (χ1v) is 8.91. The van der Waals surface area contributed by atoms with Gasteiger partial charge in [-0.05, 0) is 6.42 Å². The fraction of sp³-hybridized carbons (Fsp3) is 1.00. The monoisotopic (exact) mass is 351 g/mol. The second-order valence-corrected chi connectivity index (χ2v) is 7.29. The van der Waals surface area contributed by atoms with E-state index in [0.717, 1.165) is 6.42 Å². The molecule has 0 radical (unpaired) electrons. The first-order valence-electron chi connectivity index (χ1n) is 4.25. The molecule has 0 aromatic carbocycles. The maximum atomic E-state index is 8.42. The van der Waals surface area contributed by atoms with Gasteiger partial charge in [0.1, 0.15) is 0 Å². The fourth-order valence-corrected chi connectivity index (χ4v) is 0.892. The van der Waals surface area contributed by atoms with E-state index >= 15 is 0 Å². The number of aliphatic hydroxyl groups is 1. The molecule has 12 heavy (non-hydrogen) atoms. The summed E-state index contributed by atoms with van der Waals surface area (Å²) in [6.45, 7) is 2.58. The molecule has 0 unspecified atom stereocenters. The van der Waals surface area contributed by atoms with Gasteiger partial charge in [0.15, 0.2) is 0 Å². The Bertz CT molecular complexity index is 59.0. The summed E-state index contributed by atoms with van der Waals surface area (Å²) in [6, 6.07) is 0. The van der Waals surface area contributed by atoms with E-state index in [4.69, 9.17) is 5.11 Å². The molecule has 0 saturated carbocycles. The van der Waals surface area contributed by atoms with E-state index in [1.54, 1.807) is 0 Å². The molecule has 0 rings (SSSR count). The normalized spacial score (nSPS) is 9.33. The van der Waals surface area contributed by atoms with Crippen molar-refractivity contribution in [2.45, 2.75) is 45.4 Å². The SMILES string of the molecule is CCCCCCCCO.[Br][Cu][Br]. The van der Waals surface area contributed by atoms with Crippen molar-refractivity contribution in [1.82, 2.24) is 0 Å². The molecule has 1 N–H and O–H groups in total. The van der Waals surface area contributed by atoms with Crippen molar-refractivity contribution < 1.29 is 16.4 Å². The van der Waals surface area contributed by atoms with Gasteiger partial charge in [-0.1, -0.05) is 39.0 Å². The second kappa shape index (κ2) is 18.3. The van der Waals surface area contributed by atoms with Crippen molar-refractivity contribution in [1.29, 1.82) is 0 Å². The third kappa shape index (κ3) is 22.5. The summed E-state index contributed by atoms with van der Waals surface area (Å²) in [5.74, 6) is 0. The van der Waals surface area contributed by atoms with Crippen LogP contribution < -0.4 is 0 Å². The summed E-state index contributed by atoms with van der Waals surface area (Å²) in [6.07, 6.45) is 7.50. The van der Waals surface area contributed by atoms with Gasteiger partial charge in [-0.25, -0.2) is 0 Å². The topological polar surface area (TPSA) is 20.2 Å². The predicted octanol–water partition coefficient (Wildman–Crippen LogP) is 4.03. The average molecular weight is 354 g/mol. The summed E-state index contributed by atoms with van der Waals surface area (Å²) >= 11 is 7.38. The van der Waals surface area contributed by atoms with Gasteiger partial charge in [-0.15, -0.1) is 0 Å². The van der Waals surface area contributed by atoms with Crippen LogP contribution in [0.25, 0.3) is 0 Å². The summed E-state index contributed by atoms with van der Waals surface area (Å²) in [7, 11) is 0. The first-order chi connectivity index (χ1) is 5.83. The number of halogens is 2. The van der Waals surface area contributed by atoms with Crippen LogP contribution in [0, 0.1) is 0 Å². The Labute approximate surface area is 96.2 Å². The van der Waals surface area contributed by atoms with Gasteiger partial charge < -0.3 is 5.11 Å². The van der Waals surface area contributed by atoms with Crippen molar-refractivity contribution in [3.63, 3.8) is 0 Å². The second-order valence-electron chi connectivity index (χ2n) is 2.53. The molecule has 81 valence electrons. The quantitative estimate of drug-likeness (QED) is 0.565. The number of hydrogen-bond acceptors (Lipinski definition) is 1. The summed E-state index contributed by atoms with van der Waals surface area (Å²) in [5, 5.41) is 8.42. The van der Waals surface area contributed by atoms with Crippen LogP contribution in [0.4, 0.5) is 0 Å². The molecule has 0 heterocycles. The molecule has 0 spiro atoms. The van der Waals surface area contributed by atoms with E-state index in [-0.39, 0.29) is 0 Å². The minimum atomic E-state index is 0.367. The van der Waals surface area contributed by atoms with Crippen LogP contribution in [0.5, 0.6) is 0 Å². The third-order valence-electron chi connectivity index (χ3n) is 1.51. The molecular weight excluding hydrogens is 335 g/mol. The predicted molar refractivity (Wildman–Crippen MR) is 58.3 cm³/mol. The zero-order chi connectivity index (χ0) is 9.66. The molecule has 0 saturated heterocycles. The van der Waals surface area contributed by atoms with Gasteiger partial charge in [0.05, 0.1) is 0 Å². The Morgan fingerprint density at radius 1 is 1.00 bits per heavy atom. The van der Waals surface area contributed by atoms with Crippen molar-refractivity contribution in [2.24, 2.45) is 0 Å². The van der Waals surface area contributed by atoms with Crippen LogP contribution in [0.15, 0.2) is 0 Å². The van der Waals surface area contributed by atoms with Crippen LogP contribution >= 0.6 is 28.2 Å². The summed E-state index contributed by atoms with van der Waals surface area (Å²) in [5.41, 5.74) is 0. The molecule has 0 aromatic heterocycles. The molecule has 0 aromatic rings. The van der Waals surface area contributed by atoms with Crippen LogP contribution in [-0.2, 0) is 11.3 Å². The summed E-state index contributed by atoms with van der Waals surface area (Å²) < 4.78 is 0. The van der Waals surface area contributed by atoms with Crippen molar-refractivity contribution >= 4 is 28.2 Å². The van der Waals surface area contributed by atoms with Crippen molar-refractivity contribution in [3.8, 4) is 0 Å². The van der Waals surface area contributed by atoms with Gasteiger partial charge in [0.25, 0.3) is 0 Å². The first kappa shape index (κ1) is 15.9. The molecule has 0 bridgehead atoms. The van der Waals surface area contributed by atoms with Gasteiger partial charge in [0.2, 0.25) is 0 Å². The van der Waals surface area contributed by atoms with E-state index in [9.17, 15) is 0 Å². The molecule has 0 fully saturated rings. The third-order valence-corrected chi connectivity index (χ3v) is 1.51. The molecule has 0 amide bonds. The molecule has 0 atom stereocenters.